The smallest absolute Gasteiger partial charge is 0.221 e. The van der Waals surface area contributed by atoms with Crippen molar-refractivity contribution in [2.75, 3.05) is 46.3 Å². The first-order valence-electron chi connectivity index (χ1n) is 13.1. The molecule has 0 radical (unpaired) electrons. The van der Waals surface area contributed by atoms with Gasteiger partial charge in [-0.25, -0.2) is 0 Å². The van der Waals surface area contributed by atoms with Gasteiger partial charge in [0.2, 0.25) is 5.91 Å². The van der Waals surface area contributed by atoms with E-state index in [-0.39, 0.29) is 17.9 Å². The highest BCUT2D eigenvalue weighted by Crippen LogP contribution is 2.40. The number of aromatic nitrogens is 3. The summed E-state index contributed by atoms with van der Waals surface area (Å²) in [5, 5.41) is 14.1. The highest BCUT2D eigenvalue weighted by atomic mass is 35.5. The van der Waals surface area contributed by atoms with E-state index in [2.05, 4.69) is 69.9 Å². The van der Waals surface area contributed by atoms with Crippen LogP contribution in [0.1, 0.15) is 53.5 Å². The first-order valence-corrected chi connectivity index (χ1v) is 14.3. The second-order valence-corrected chi connectivity index (χ2v) is 12.1. The minimum absolute atomic E-state index is 0.0458. The van der Waals surface area contributed by atoms with Gasteiger partial charge in [0, 0.05) is 73.5 Å². The number of carbonyl (C=O) groups excluding carboxylic acids is 1. The van der Waals surface area contributed by atoms with Crippen LogP contribution in [0.4, 0.5) is 0 Å². The number of rotatable bonds is 6. The summed E-state index contributed by atoms with van der Waals surface area (Å²) < 4.78 is 2.13. The second kappa shape index (κ2) is 10.8. The lowest BCUT2D eigenvalue weighted by molar-refractivity contribution is -0.121. The number of nitrogens with zero attached hydrogens (tertiary/aromatic N) is 6. The molecule has 1 fully saturated rings. The average Bonchev–Trinajstić information content (AvgIpc) is 3.34. The van der Waals surface area contributed by atoms with E-state index in [4.69, 9.17) is 16.6 Å². The molecule has 2 atom stereocenters. The van der Waals surface area contributed by atoms with Crippen LogP contribution in [0.25, 0.3) is 5.00 Å². The Balaban J connectivity index is 1.42. The van der Waals surface area contributed by atoms with Crippen LogP contribution >= 0.6 is 22.9 Å². The minimum atomic E-state index is -0.336. The molecule has 1 N–H and O–H groups in total. The van der Waals surface area contributed by atoms with E-state index in [1.807, 2.05) is 6.92 Å². The number of aliphatic imine (C=N–C) groups is 1. The molecule has 0 aromatic carbocycles. The Morgan fingerprint density at radius 1 is 1.19 bits per heavy atom. The van der Waals surface area contributed by atoms with Crippen LogP contribution in [0.15, 0.2) is 27.7 Å². The zero-order valence-corrected chi connectivity index (χ0v) is 23.9. The largest absolute Gasteiger partial charge is 0.353 e. The Labute approximate surface area is 228 Å². The number of carbonyl (C=O) groups is 1. The van der Waals surface area contributed by atoms with Gasteiger partial charge < -0.3 is 15.1 Å². The van der Waals surface area contributed by atoms with Gasteiger partial charge in [0.25, 0.3) is 0 Å². The zero-order valence-electron chi connectivity index (χ0n) is 22.3. The predicted molar refractivity (Wildman–Crippen MR) is 150 cm³/mol. The molecule has 0 bridgehead atoms. The van der Waals surface area contributed by atoms with Gasteiger partial charge in [-0.1, -0.05) is 30.7 Å². The molecule has 198 valence electrons. The Bertz CT molecular complexity index is 1280. The molecular weight excluding hydrogens is 506 g/mol. The van der Waals surface area contributed by atoms with Crippen molar-refractivity contribution in [2.24, 2.45) is 10.9 Å². The average molecular weight is 542 g/mol. The van der Waals surface area contributed by atoms with Crippen molar-refractivity contribution in [3.63, 3.8) is 0 Å². The van der Waals surface area contributed by atoms with E-state index >= 15 is 0 Å². The summed E-state index contributed by atoms with van der Waals surface area (Å²) in [6.45, 7) is 13.7. The van der Waals surface area contributed by atoms with Gasteiger partial charge >= 0.3 is 0 Å². The molecule has 2 aromatic heterocycles. The summed E-state index contributed by atoms with van der Waals surface area (Å²) in [5.41, 5.74) is 4.52. The SMILES string of the molecule is Cc1sc2c(c1C)C(C1=CCC(Cl)=CC1C)=NC(CNC(=O)CCN1CCN(C)CC1)c1nnc(C)n1-2. The summed E-state index contributed by atoms with van der Waals surface area (Å²) in [5.74, 6) is 1.79. The van der Waals surface area contributed by atoms with Crippen molar-refractivity contribution in [1.29, 1.82) is 0 Å². The fourth-order valence-corrected chi connectivity index (χ4v) is 6.77. The molecule has 2 unspecified atom stereocenters. The lowest BCUT2D eigenvalue weighted by Gasteiger charge is -2.32. The summed E-state index contributed by atoms with van der Waals surface area (Å²) in [6, 6.07) is -0.336. The van der Waals surface area contributed by atoms with E-state index < -0.39 is 0 Å². The van der Waals surface area contributed by atoms with Crippen LogP contribution in [-0.2, 0) is 4.79 Å². The summed E-state index contributed by atoms with van der Waals surface area (Å²) in [6.07, 6.45) is 5.50. The molecule has 0 spiro atoms. The number of likely N-dealkylation sites (N-methyl/N-ethyl adjacent to an activating group) is 1. The first kappa shape index (κ1) is 26.3. The third-order valence-electron chi connectivity index (χ3n) is 7.69. The maximum atomic E-state index is 12.9. The molecule has 1 saturated heterocycles. The van der Waals surface area contributed by atoms with E-state index in [9.17, 15) is 4.79 Å². The Hall–Kier alpha value is -2.33. The standard InChI is InChI=1S/C27H36ClN7OS/c1-16-14-20(28)6-7-21(16)25-24-17(2)18(3)37-27(24)35-19(4)31-32-26(35)22(30-25)15-29-23(36)8-9-34-12-10-33(5)11-13-34/h7,14,16,22H,6,8-13,15H2,1-5H3,(H,29,36). The number of halogens is 1. The molecular formula is C27H36ClN7OS. The molecule has 3 aliphatic rings. The van der Waals surface area contributed by atoms with Gasteiger partial charge in [-0.15, -0.1) is 21.5 Å². The van der Waals surface area contributed by atoms with Gasteiger partial charge in [-0.05, 0) is 39.0 Å². The molecule has 37 heavy (non-hydrogen) atoms. The summed E-state index contributed by atoms with van der Waals surface area (Å²) in [7, 11) is 2.14. The molecule has 5 rings (SSSR count). The lowest BCUT2D eigenvalue weighted by Crippen LogP contribution is -2.45. The van der Waals surface area contributed by atoms with Crippen LogP contribution in [0.5, 0.6) is 0 Å². The first-order chi connectivity index (χ1) is 17.7. The topological polar surface area (TPSA) is 78.7 Å². The van der Waals surface area contributed by atoms with Crippen molar-refractivity contribution < 1.29 is 4.79 Å². The number of aryl methyl sites for hydroxylation is 2. The van der Waals surface area contributed by atoms with Crippen LogP contribution in [0, 0.1) is 26.7 Å². The van der Waals surface area contributed by atoms with Crippen LogP contribution in [0.2, 0.25) is 0 Å². The van der Waals surface area contributed by atoms with Crippen LogP contribution in [0.3, 0.4) is 0 Å². The Morgan fingerprint density at radius 3 is 2.68 bits per heavy atom. The molecule has 2 aliphatic heterocycles. The molecule has 1 aliphatic carbocycles. The number of hydrogen-bond acceptors (Lipinski definition) is 7. The van der Waals surface area contributed by atoms with Crippen LogP contribution < -0.4 is 5.32 Å². The predicted octanol–water partition coefficient (Wildman–Crippen LogP) is 3.94. The number of hydrogen-bond donors (Lipinski definition) is 1. The maximum Gasteiger partial charge on any atom is 0.221 e. The van der Waals surface area contributed by atoms with Crippen molar-refractivity contribution in [3.05, 3.63) is 50.4 Å². The zero-order chi connectivity index (χ0) is 26.3. The molecule has 10 heteroatoms. The number of piperazine rings is 1. The fourth-order valence-electron chi connectivity index (χ4n) is 5.29. The number of fused-ring (bicyclic) bond motifs is 3. The van der Waals surface area contributed by atoms with Crippen LogP contribution in [-0.4, -0.2) is 82.5 Å². The van der Waals surface area contributed by atoms with Crippen molar-refractivity contribution >= 4 is 34.6 Å². The van der Waals surface area contributed by atoms with E-state index in [1.54, 1.807) is 11.3 Å². The van der Waals surface area contributed by atoms with Gasteiger partial charge in [0.1, 0.15) is 16.9 Å². The van der Waals surface area contributed by atoms with Gasteiger partial charge in [0.15, 0.2) is 5.82 Å². The minimum Gasteiger partial charge on any atom is -0.353 e. The molecule has 8 nitrogen and oxygen atoms in total. The van der Waals surface area contributed by atoms with Crippen molar-refractivity contribution in [2.45, 2.75) is 46.6 Å². The summed E-state index contributed by atoms with van der Waals surface area (Å²) >= 11 is 8.12. The Kier molecular flexibility index (Phi) is 7.68. The monoisotopic (exact) mass is 541 g/mol. The van der Waals surface area contributed by atoms with E-state index in [1.165, 1.54) is 16.0 Å². The second-order valence-electron chi connectivity index (χ2n) is 10.4. The summed E-state index contributed by atoms with van der Waals surface area (Å²) in [4.78, 5) is 24.1. The van der Waals surface area contributed by atoms with E-state index in [0.29, 0.717) is 19.4 Å². The van der Waals surface area contributed by atoms with E-state index in [0.717, 1.165) is 65.7 Å². The third-order valence-corrected chi connectivity index (χ3v) is 9.17. The number of nitrogens with one attached hydrogen (secondary N) is 1. The van der Waals surface area contributed by atoms with Gasteiger partial charge in [-0.2, -0.15) is 0 Å². The highest BCUT2D eigenvalue weighted by Gasteiger charge is 2.33. The van der Waals surface area contributed by atoms with Crippen molar-refractivity contribution in [1.82, 2.24) is 29.9 Å². The fraction of sp³-hybridized carbons (Fsp3) is 0.556. The number of allylic oxidation sites excluding steroid dienone is 4. The normalized spacial score (nSPS) is 22.5. The number of thiophene rings is 1. The molecule has 0 saturated carbocycles. The molecule has 1 amide bonds. The number of amides is 1. The Morgan fingerprint density at radius 2 is 1.95 bits per heavy atom. The lowest BCUT2D eigenvalue weighted by atomic mass is 9.87. The maximum absolute atomic E-state index is 12.9. The van der Waals surface area contributed by atoms with Gasteiger partial charge in [-0.3, -0.25) is 14.4 Å². The van der Waals surface area contributed by atoms with Gasteiger partial charge in [0.05, 0.1) is 5.71 Å². The quantitative estimate of drug-likeness (QED) is 0.599. The third kappa shape index (κ3) is 5.32. The molecule has 2 aromatic rings. The highest BCUT2D eigenvalue weighted by molar-refractivity contribution is 7.15. The van der Waals surface area contributed by atoms with Crippen molar-refractivity contribution in [3.8, 4) is 5.00 Å². The molecule has 4 heterocycles.